The molecule has 2 aromatic carbocycles. The molecule has 0 aliphatic heterocycles. The molecule has 242 valence electrons. The molecule has 0 fully saturated rings. The largest absolute Gasteiger partial charge is 0.494 e. The third-order valence-electron chi connectivity index (χ3n) is 5.74. The standard InChI is InChI=1S/C27H37N5O.C4H7NO2.C2H6.CH2O/c1-5-16-32(17-6-2)18-15-28-26-25(22-11-13-24(14-12-22)33-7-3)20-29-27(31-26)30-23-10-8-9-21(4)19-23;1-3-7-4(6)5-2;2*1-2/h8-14,19-20H,5-7,15-18H2,1-4H3,(H2,28,29,30,31);2-3H2,1H3;1-2H3;1H2. The Kier molecular flexibility index (Phi) is 22.7. The Morgan fingerprint density at radius 3 is 2.14 bits per heavy atom. The van der Waals surface area contributed by atoms with Gasteiger partial charge in [0.25, 0.3) is 0 Å². The summed E-state index contributed by atoms with van der Waals surface area (Å²) in [5, 5.41) is 6.91. The van der Waals surface area contributed by atoms with Crippen molar-refractivity contribution in [3.63, 3.8) is 0 Å². The quantitative estimate of drug-likeness (QED) is 0.177. The van der Waals surface area contributed by atoms with E-state index >= 15 is 0 Å². The number of ether oxygens (including phenoxy) is 2. The fourth-order valence-corrected chi connectivity index (χ4v) is 4.01. The lowest BCUT2D eigenvalue weighted by atomic mass is 10.1. The fraction of sp³-hybridized carbons (Fsp3) is 0.441. The van der Waals surface area contributed by atoms with Crippen LogP contribution in [0.15, 0.2) is 59.7 Å². The van der Waals surface area contributed by atoms with Crippen LogP contribution in [0.3, 0.4) is 0 Å². The van der Waals surface area contributed by atoms with E-state index in [0.29, 0.717) is 19.2 Å². The van der Waals surface area contributed by atoms with Gasteiger partial charge in [0.05, 0.1) is 13.2 Å². The number of carbonyl (C=O) groups excluding carboxylic acids is 2. The molecule has 0 aliphatic rings. The molecule has 44 heavy (non-hydrogen) atoms. The van der Waals surface area contributed by atoms with Gasteiger partial charge in [0.1, 0.15) is 18.4 Å². The third-order valence-corrected chi connectivity index (χ3v) is 5.74. The van der Waals surface area contributed by atoms with Gasteiger partial charge in [-0.2, -0.15) is 9.98 Å². The van der Waals surface area contributed by atoms with Gasteiger partial charge in [-0.1, -0.05) is 52.0 Å². The zero-order valence-electron chi connectivity index (χ0n) is 27.7. The van der Waals surface area contributed by atoms with Crippen molar-refractivity contribution in [1.29, 1.82) is 0 Å². The zero-order valence-corrected chi connectivity index (χ0v) is 27.7. The second kappa shape index (κ2) is 25.2. The lowest BCUT2D eigenvalue weighted by molar-refractivity contribution is -0.0980. The van der Waals surface area contributed by atoms with E-state index in [1.807, 2.05) is 58.0 Å². The highest BCUT2D eigenvalue weighted by Crippen LogP contribution is 2.29. The highest BCUT2D eigenvalue weighted by molar-refractivity contribution is 5.76. The highest BCUT2D eigenvalue weighted by atomic mass is 16.5. The van der Waals surface area contributed by atoms with Crippen LogP contribution in [-0.4, -0.2) is 73.9 Å². The maximum atomic E-state index is 9.96. The van der Waals surface area contributed by atoms with E-state index in [1.54, 1.807) is 6.92 Å². The van der Waals surface area contributed by atoms with Crippen LogP contribution in [0.25, 0.3) is 11.1 Å². The maximum Gasteiger partial charge on any atom is 0.432 e. The Bertz CT molecular complexity index is 1180. The number of hydrogen-bond donors (Lipinski definition) is 2. The monoisotopic (exact) mass is 608 g/mol. The van der Waals surface area contributed by atoms with Gasteiger partial charge < -0.3 is 29.8 Å². The van der Waals surface area contributed by atoms with Crippen molar-refractivity contribution >= 4 is 37.1 Å². The van der Waals surface area contributed by atoms with Crippen LogP contribution in [0.1, 0.15) is 59.9 Å². The van der Waals surface area contributed by atoms with E-state index in [0.717, 1.165) is 67.4 Å². The first-order valence-electron chi connectivity index (χ1n) is 15.3. The predicted molar refractivity (Wildman–Crippen MR) is 184 cm³/mol. The first-order chi connectivity index (χ1) is 21.4. The number of aliphatic imine (C=N–C) groups is 1. The van der Waals surface area contributed by atoms with Gasteiger partial charge in [0, 0.05) is 30.5 Å². The minimum absolute atomic E-state index is 0.359. The van der Waals surface area contributed by atoms with Crippen LogP contribution < -0.4 is 15.4 Å². The second-order valence-electron chi connectivity index (χ2n) is 9.03. The summed E-state index contributed by atoms with van der Waals surface area (Å²) in [5.41, 5.74) is 4.20. The van der Waals surface area contributed by atoms with Crippen LogP contribution in [0, 0.1) is 6.92 Å². The molecule has 0 unspecified atom stereocenters. The van der Waals surface area contributed by atoms with Gasteiger partial charge in [0.2, 0.25) is 5.95 Å². The summed E-state index contributed by atoms with van der Waals surface area (Å²) in [7, 11) is 0. The second-order valence-corrected chi connectivity index (χ2v) is 9.03. The van der Waals surface area contributed by atoms with Crippen molar-refractivity contribution in [2.75, 3.05) is 50.0 Å². The molecule has 1 amide bonds. The van der Waals surface area contributed by atoms with Crippen LogP contribution in [-0.2, 0) is 9.53 Å². The van der Waals surface area contributed by atoms with E-state index in [1.165, 1.54) is 5.56 Å². The number of aryl methyl sites for hydroxylation is 1. The molecule has 0 aliphatic carbocycles. The smallest absolute Gasteiger partial charge is 0.432 e. The van der Waals surface area contributed by atoms with Gasteiger partial charge in [-0.05, 0) is 88.8 Å². The topological polar surface area (TPSA) is 118 Å². The van der Waals surface area contributed by atoms with Crippen molar-refractivity contribution in [3.8, 4) is 16.9 Å². The number of anilines is 3. The Balaban J connectivity index is 0.00000146. The zero-order chi connectivity index (χ0) is 33.2. The molecule has 0 atom stereocenters. The number of nitrogens with one attached hydrogen (secondary N) is 2. The lowest BCUT2D eigenvalue weighted by Crippen LogP contribution is -2.30. The van der Waals surface area contributed by atoms with Crippen molar-refractivity contribution in [3.05, 3.63) is 60.3 Å². The molecule has 0 radical (unpaired) electrons. The van der Waals surface area contributed by atoms with Gasteiger partial charge in [-0.25, -0.2) is 9.78 Å². The van der Waals surface area contributed by atoms with Crippen molar-refractivity contribution in [1.82, 2.24) is 14.9 Å². The fourth-order valence-electron chi connectivity index (χ4n) is 4.01. The molecule has 2 N–H and O–H groups in total. The summed E-state index contributed by atoms with van der Waals surface area (Å²) >= 11 is 0. The Hall–Kier alpha value is -4.31. The van der Waals surface area contributed by atoms with E-state index in [9.17, 15) is 4.79 Å². The molecule has 0 saturated heterocycles. The van der Waals surface area contributed by atoms with Crippen LogP contribution >= 0.6 is 0 Å². The molecule has 1 aromatic heterocycles. The van der Waals surface area contributed by atoms with Crippen molar-refractivity contribution in [2.45, 2.75) is 61.3 Å². The van der Waals surface area contributed by atoms with E-state index in [-0.39, 0.29) is 0 Å². The number of carbonyl (C=O) groups is 2. The Morgan fingerprint density at radius 2 is 1.61 bits per heavy atom. The maximum absolute atomic E-state index is 9.96. The van der Waals surface area contributed by atoms with Gasteiger partial charge in [-0.3, -0.25) is 0 Å². The minimum atomic E-state index is -0.609. The molecule has 0 spiro atoms. The molecule has 3 rings (SSSR count). The summed E-state index contributed by atoms with van der Waals surface area (Å²) in [6.07, 6.45) is 3.60. The summed E-state index contributed by atoms with van der Waals surface area (Å²) < 4.78 is 9.92. The number of rotatable bonds is 14. The minimum Gasteiger partial charge on any atom is -0.494 e. The Morgan fingerprint density at radius 1 is 0.955 bits per heavy atom. The van der Waals surface area contributed by atoms with Crippen LogP contribution in [0.2, 0.25) is 0 Å². The number of aromatic nitrogens is 2. The van der Waals surface area contributed by atoms with Crippen LogP contribution in [0.5, 0.6) is 5.75 Å². The SMILES string of the molecule is C=NC(=O)OCC.C=O.CC.CCCN(CCC)CCNc1nc(Nc2cccc(C)c2)ncc1-c1ccc(OCC)cc1. The van der Waals surface area contributed by atoms with Crippen molar-refractivity contribution in [2.24, 2.45) is 4.99 Å². The molecular weight excluding hydrogens is 556 g/mol. The van der Waals surface area contributed by atoms with Gasteiger partial charge in [0.15, 0.2) is 0 Å². The first kappa shape index (κ1) is 39.7. The summed E-state index contributed by atoms with van der Waals surface area (Å²) in [6.45, 7) is 24.2. The third kappa shape index (κ3) is 15.8. The van der Waals surface area contributed by atoms with Gasteiger partial charge in [-0.15, -0.1) is 0 Å². The molecule has 3 aromatic rings. The highest BCUT2D eigenvalue weighted by Gasteiger charge is 2.11. The molecule has 1 heterocycles. The van der Waals surface area contributed by atoms with E-state index in [4.69, 9.17) is 14.5 Å². The molecule has 0 bridgehead atoms. The summed E-state index contributed by atoms with van der Waals surface area (Å²) in [4.78, 5) is 32.9. The average Bonchev–Trinajstić information content (AvgIpc) is 3.04. The average molecular weight is 609 g/mol. The first-order valence-corrected chi connectivity index (χ1v) is 15.3. The normalized spacial score (nSPS) is 9.64. The van der Waals surface area contributed by atoms with Crippen LogP contribution in [0.4, 0.5) is 22.2 Å². The van der Waals surface area contributed by atoms with Gasteiger partial charge >= 0.3 is 6.09 Å². The number of hydrogen-bond acceptors (Lipinski definition) is 9. The Labute approximate surface area is 264 Å². The molecule has 10 heteroatoms. The number of benzene rings is 2. The number of amides is 1. The molecule has 0 saturated carbocycles. The van der Waals surface area contributed by atoms with E-state index in [2.05, 4.69) is 82.0 Å². The number of nitrogens with zero attached hydrogens (tertiary/aromatic N) is 4. The molecular formula is C34H52N6O4. The van der Waals surface area contributed by atoms with E-state index < -0.39 is 6.09 Å². The molecule has 10 nitrogen and oxygen atoms in total. The van der Waals surface area contributed by atoms with Crippen molar-refractivity contribution < 1.29 is 19.1 Å². The summed E-state index contributed by atoms with van der Waals surface area (Å²) in [6, 6.07) is 16.3. The lowest BCUT2D eigenvalue weighted by Gasteiger charge is -2.21. The predicted octanol–water partition coefficient (Wildman–Crippen LogP) is 7.81. The summed E-state index contributed by atoms with van der Waals surface area (Å²) in [5.74, 6) is 2.28.